The number of nitrogen functional groups attached to an aromatic ring is 1. The zero-order valence-corrected chi connectivity index (χ0v) is 16.2. The monoisotopic (exact) mass is 376 g/mol. The number of amides is 1. The highest BCUT2D eigenvalue weighted by atomic mass is 16.2. The van der Waals surface area contributed by atoms with Gasteiger partial charge in [-0.05, 0) is 42.2 Å². The number of nitrogens with zero attached hydrogens (tertiary/aromatic N) is 2. The minimum atomic E-state index is -0.269. The summed E-state index contributed by atoms with van der Waals surface area (Å²) in [6.07, 6.45) is 1.38. The van der Waals surface area contributed by atoms with E-state index in [9.17, 15) is 4.79 Å². The molecular formula is C21H24N6O. The van der Waals surface area contributed by atoms with Crippen molar-refractivity contribution in [1.29, 1.82) is 0 Å². The van der Waals surface area contributed by atoms with Crippen LogP contribution in [0, 0.1) is 6.92 Å². The number of benzene rings is 2. The molecular weight excluding hydrogens is 352 g/mol. The lowest BCUT2D eigenvalue weighted by atomic mass is 10.0. The Hall–Kier alpha value is -3.61. The van der Waals surface area contributed by atoms with Gasteiger partial charge in [-0.2, -0.15) is 0 Å². The Morgan fingerprint density at radius 1 is 1.00 bits per heavy atom. The van der Waals surface area contributed by atoms with Gasteiger partial charge in [-0.15, -0.1) is 0 Å². The molecule has 144 valence electrons. The number of hydrogen-bond donors (Lipinski definition) is 4. The molecule has 0 atom stereocenters. The van der Waals surface area contributed by atoms with E-state index < -0.39 is 0 Å². The van der Waals surface area contributed by atoms with E-state index in [4.69, 9.17) is 5.73 Å². The largest absolute Gasteiger partial charge is 0.393 e. The zero-order chi connectivity index (χ0) is 20.1. The number of aromatic nitrogens is 2. The van der Waals surface area contributed by atoms with Crippen LogP contribution in [-0.4, -0.2) is 15.9 Å². The van der Waals surface area contributed by atoms with Crippen molar-refractivity contribution in [2.45, 2.75) is 26.7 Å². The van der Waals surface area contributed by atoms with Crippen LogP contribution in [0.15, 0.2) is 54.9 Å². The second-order valence-electron chi connectivity index (χ2n) is 6.78. The summed E-state index contributed by atoms with van der Waals surface area (Å²) < 4.78 is 0. The van der Waals surface area contributed by atoms with Crippen LogP contribution in [0.1, 0.15) is 41.3 Å². The van der Waals surface area contributed by atoms with Crippen molar-refractivity contribution in [3.63, 3.8) is 0 Å². The summed E-state index contributed by atoms with van der Waals surface area (Å²) >= 11 is 0. The molecule has 0 aliphatic carbocycles. The molecule has 3 rings (SSSR count). The van der Waals surface area contributed by atoms with E-state index >= 15 is 0 Å². The van der Waals surface area contributed by atoms with Crippen LogP contribution in [0.3, 0.4) is 0 Å². The molecule has 0 aliphatic heterocycles. The molecule has 0 radical (unpaired) electrons. The average molecular weight is 376 g/mol. The molecule has 0 spiro atoms. The number of rotatable bonds is 6. The van der Waals surface area contributed by atoms with Gasteiger partial charge in [0, 0.05) is 11.3 Å². The molecule has 3 aromatic rings. The molecule has 0 unspecified atom stereocenters. The van der Waals surface area contributed by atoms with Crippen LogP contribution < -0.4 is 21.9 Å². The highest BCUT2D eigenvalue weighted by Gasteiger charge is 2.12. The summed E-state index contributed by atoms with van der Waals surface area (Å²) in [4.78, 5) is 20.6. The molecule has 5 N–H and O–H groups in total. The lowest BCUT2D eigenvalue weighted by Gasteiger charge is -2.14. The third-order valence-corrected chi connectivity index (χ3v) is 4.41. The number of hydrazine groups is 1. The Kier molecular flexibility index (Phi) is 5.74. The van der Waals surface area contributed by atoms with Crippen molar-refractivity contribution in [1.82, 2.24) is 15.4 Å². The Morgan fingerprint density at radius 2 is 1.68 bits per heavy atom. The minimum Gasteiger partial charge on any atom is -0.393 e. The van der Waals surface area contributed by atoms with Gasteiger partial charge in [-0.3, -0.25) is 15.6 Å². The maximum absolute atomic E-state index is 12.3. The van der Waals surface area contributed by atoms with Crippen LogP contribution in [0.4, 0.5) is 23.0 Å². The third-order valence-electron chi connectivity index (χ3n) is 4.41. The van der Waals surface area contributed by atoms with Gasteiger partial charge in [0.15, 0.2) is 11.6 Å². The van der Waals surface area contributed by atoms with E-state index in [1.165, 1.54) is 11.9 Å². The summed E-state index contributed by atoms with van der Waals surface area (Å²) in [5.41, 5.74) is 15.4. The van der Waals surface area contributed by atoms with E-state index in [0.717, 1.165) is 11.3 Å². The second kappa shape index (κ2) is 8.39. The molecule has 0 saturated carbocycles. The summed E-state index contributed by atoms with van der Waals surface area (Å²) in [6, 6.07) is 15.4. The molecule has 2 aromatic carbocycles. The summed E-state index contributed by atoms with van der Waals surface area (Å²) in [5.74, 6) is 0.971. The fourth-order valence-electron chi connectivity index (χ4n) is 2.69. The Morgan fingerprint density at radius 3 is 2.36 bits per heavy atom. The fourth-order valence-corrected chi connectivity index (χ4v) is 2.69. The number of aryl methyl sites for hydroxylation is 1. The second-order valence-corrected chi connectivity index (χ2v) is 6.78. The molecule has 7 heteroatoms. The minimum absolute atomic E-state index is 0.269. The number of nitrogens with two attached hydrogens (primary N) is 1. The highest BCUT2D eigenvalue weighted by molar-refractivity contribution is 5.96. The number of carbonyl (C=O) groups is 1. The van der Waals surface area contributed by atoms with Crippen LogP contribution in [0.25, 0.3) is 0 Å². The summed E-state index contributed by atoms with van der Waals surface area (Å²) in [7, 11) is 0. The first-order chi connectivity index (χ1) is 13.5. The normalized spacial score (nSPS) is 10.6. The Balaban J connectivity index is 1.70. The van der Waals surface area contributed by atoms with Crippen molar-refractivity contribution in [2.24, 2.45) is 0 Å². The smallest absolute Gasteiger partial charge is 0.269 e. The maximum Gasteiger partial charge on any atom is 0.269 e. The van der Waals surface area contributed by atoms with Gasteiger partial charge in [0.05, 0.1) is 0 Å². The molecule has 0 aliphatic rings. The summed E-state index contributed by atoms with van der Waals surface area (Å²) in [6.45, 7) is 6.17. The molecule has 1 heterocycles. The van der Waals surface area contributed by atoms with Gasteiger partial charge in [0.1, 0.15) is 12.0 Å². The predicted molar refractivity (Wildman–Crippen MR) is 113 cm³/mol. The third kappa shape index (κ3) is 4.37. The number of hydrogen-bond acceptors (Lipinski definition) is 6. The van der Waals surface area contributed by atoms with Crippen LogP contribution >= 0.6 is 0 Å². The molecule has 0 saturated heterocycles. The molecule has 0 fully saturated rings. The average Bonchev–Trinajstić information content (AvgIpc) is 2.69. The maximum atomic E-state index is 12.3. The summed E-state index contributed by atoms with van der Waals surface area (Å²) in [5, 5.41) is 3.18. The van der Waals surface area contributed by atoms with Crippen molar-refractivity contribution in [3.8, 4) is 0 Å². The van der Waals surface area contributed by atoms with Crippen molar-refractivity contribution < 1.29 is 4.79 Å². The van der Waals surface area contributed by atoms with E-state index in [1.807, 2.05) is 37.3 Å². The van der Waals surface area contributed by atoms with E-state index in [0.29, 0.717) is 28.8 Å². The molecule has 0 bridgehead atoms. The van der Waals surface area contributed by atoms with E-state index in [1.54, 1.807) is 6.07 Å². The number of nitrogens with one attached hydrogen (secondary N) is 3. The number of anilines is 4. The topological polar surface area (TPSA) is 105 Å². The Bertz CT molecular complexity index is 969. The molecule has 28 heavy (non-hydrogen) atoms. The first-order valence-electron chi connectivity index (χ1n) is 9.05. The van der Waals surface area contributed by atoms with Gasteiger partial charge < -0.3 is 11.1 Å². The highest BCUT2D eigenvalue weighted by Crippen LogP contribution is 2.26. The van der Waals surface area contributed by atoms with E-state index in [-0.39, 0.29) is 5.91 Å². The SMILES string of the molecule is Cc1ccccc1C(=O)NNc1ncnc(Nc2ccc(C(C)C)cc2)c1N. The Labute approximate surface area is 164 Å². The quantitative estimate of drug-likeness (QED) is 0.485. The lowest BCUT2D eigenvalue weighted by Crippen LogP contribution is -2.30. The zero-order valence-electron chi connectivity index (χ0n) is 16.2. The molecule has 1 aromatic heterocycles. The number of carbonyl (C=O) groups excluding carboxylic acids is 1. The molecule has 7 nitrogen and oxygen atoms in total. The first kappa shape index (κ1) is 19.2. The van der Waals surface area contributed by atoms with E-state index in [2.05, 4.69) is 52.1 Å². The van der Waals surface area contributed by atoms with Gasteiger partial charge in [-0.1, -0.05) is 44.2 Å². The predicted octanol–water partition coefficient (Wildman–Crippen LogP) is 3.99. The lowest BCUT2D eigenvalue weighted by molar-refractivity contribution is 0.0962. The van der Waals surface area contributed by atoms with Crippen LogP contribution in [-0.2, 0) is 0 Å². The van der Waals surface area contributed by atoms with Gasteiger partial charge in [0.25, 0.3) is 5.91 Å². The van der Waals surface area contributed by atoms with Crippen molar-refractivity contribution in [3.05, 3.63) is 71.5 Å². The molecule has 1 amide bonds. The van der Waals surface area contributed by atoms with Gasteiger partial charge in [-0.25, -0.2) is 9.97 Å². The van der Waals surface area contributed by atoms with Crippen LogP contribution in [0.2, 0.25) is 0 Å². The van der Waals surface area contributed by atoms with Gasteiger partial charge in [0.2, 0.25) is 0 Å². The van der Waals surface area contributed by atoms with Crippen molar-refractivity contribution >= 4 is 28.9 Å². The standard InChI is InChI=1S/C21H24N6O/c1-13(2)15-8-10-16(11-9-15)25-19-18(22)20(24-12-23-19)26-27-21(28)17-7-5-4-6-14(17)3/h4-13H,22H2,1-3H3,(H,27,28)(H2,23,24,25,26). The van der Waals surface area contributed by atoms with Gasteiger partial charge >= 0.3 is 0 Å². The van der Waals surface area contributed by atoms with Crippen LogP contribution in [0.5, 0.6) is 0 Å². The van der Waals surface area contributed by atoms with Crippen molar-refractivity contribution in [2.75, 3.05) is 16.5 Å². The fraction of sp³-hybridized carbons (Fsp3) is 0.190. The first-order valence-corrected chi connectivity index (χ1v) is 9.05.